The second-order valence-corrected chi connectivity index (χ2v) is 3.19. The summed E-state index contributed by atoms with van der Waals surface area (Å²) in [5.41, 5.74) is 0.547. The third-order valence-corrected chi connectivity index (χ3v) is 2.32. The Bertz CT molecular complexity index is 445. The summed E-state index contributed by atoms with van der Waals surface area (Å²) in [5, 5.41) is 2.66. The molecule has 4 nitrogen and oxygen atoms in total. The van der Waals surface area contributed by atoms with Crippen LogP contribution in [-0.4, -0.2) is 18.8 Å². The molecule has 1 aromatic carbocycles. The molecule has 1 amide bonds. The summed E-state index contributed by atoms with van der Waals surface area (Å²) < 4.78 is 4.98. The number of hydrogen-bond donors (Lipinski definition) is 1. The van der Waals surface area contributed by atoms with E-state index in [-0.39, 0.29) is 23.0 Å². The van der Waals surface area contributed by atoms with Gasteiger partial charge in [-0.3, -0.25) is 9.59 Å². The zero-order chi connectivity index (χ0) is 10.3. The Balaban J connectivity index is 0.00000112. The topological polar surface area (TPSA) is 55.4 Å². The summed E-state index contributed by atoms with van der Waals surface area (Å²) in [5.74, 6) is -0.862. The number of ketones is 1. The van der Waals surface area contributed by atoms with Crippen molar-refractivity contribution in [2.24, 2.45) is 0 Å². The second kappa shape index (κ2) is 4.08. The highest BCUT2D eigenvalue weighted by Gasteiger charge is 2.32. The molecule has 6 heteroatoms. The normalized spacial score (nSPS) is 12.9. The van der Waals surface area contributed by atoms with E-state index in [9.17, 15) is 9.59 Å². The number of ether oxygens (including phenoxy) is 1. The number of fused-ring (bicyclic) bond motifs is 1. The molecule has 0 saturated heterocycles. The highest BCUT2D eigenvalue weighted by molar-refractivity contribution is 6.55. The van der Waals surface area contributed by atoms with E-state index in [1.165, 1.54) is 13.2 Å². The molecule has 1 N–H and O–H groups in total. The van der Waals surface area contributed by atoms with Crippen LogP contribution in [-0.2, 0) is 4.79 Å². The van der Waals surface area contributed by atoms with Crippen molar-refractivity contribution in [1.82, 2.24) is 0 Å². The molecule has 0 saturated carbocycles. The number of carbonyl (C=O) groups is 2. The number of Topliss-reactive ketones (excluding diaryl/α,β-unsaturated/α-hetero) is 1. The van der Waals surface area contributed by atoms with Crippen molar-refractivity contribution >= 4 is 41.4 Å². The number of methoxy groups -OCH3 is 1. The maximum absolute atomic E-state index is 11.3. The molecule has 2 rings (SSSR count). The number of carbonyl (C=O) groups excluding carboxylic acids is 2. The van der Waals surface area contributed by atoms with Crippen molar-refractivity contribution in [3.63, 3.8) is 0 Å². The summed E-state index contributed by atoms with van der Waals surface area (Å²) in [7, 11) is 1.46. The van der Waals surface area contributed by atoms with Gasteiger partial charge in [0.2, 0.25) is 0 Å². The van der Waals surface area contributed by atoms with Gasteiger partial charge in [-0.15, -0.1) is 12.4 Å². The molecule has 0 fully saturated rings. The molecule has 0 unspecified atom stereocenters. The van der Waals surface area contributed by atoms with Gasteiger partial charge in [0.05, 0.1) is 23.4 Å². The van der Waals surface area contributed by atoms with Crippen LogP contribution < -0.4 is 10.1 Å². The molecule has 0 aromatic heterocycles. The van der Waals surface area contributed by atoms with E-state index in [1.54, 1.807) is 6.07 Å². The zero-order valence-electron chi connectivity index (χ0n) is 7.67. The number of rotatable bonds is 1. The lowest BCUT2D eigenvalue weighted by molar-refractivity contribution is -0.112. The number of nitrogens with one attached hydrogen (secondary N) is 1. The Hall–Kier alpha value is -1.26. The fraction of sp³-hybridized carbons (Fsp3) is 0.111. The lowest BCUT2D eigenvalue weighted by atomic mass is 10.1. The smallest absolute Gasteiger partial charge is 0.297 e. The van der Waals surface area contributed by atoms with Crippen molar-refractivity contribution in [1.29, 1.82) is 0 Å². The number of benzene rings is 1. The number of amides is 1. The van der Waals surface area contributed by atoms with Crippen LogP contribution in [0.4, 0.5) is 5.69 Å². The average molecular weight is 248 g/mol. The minimum Gasteiger partial charge on any atom is -0.495 e. The highest BCUT2D eigenvalue weighted by Crippen LogP contribution is 2.37. The maximum atomic E-state index is 11.3. The second-order valence-electron chi connectivity index (χ2n) is 2.78. The van der Waals surface area contributed by atoms with Crippen LogP contribution >= 0.6 is 24.0 Å². The molecule has 0 bridgehead atoms. The summed E-state index contributed by atoms with van der Waals surface area (Å²) in [6, 6.07) is 3.12. The van der Waals surface area contributed by atoms with Crippen LogP contribution in [0, 0.1) is 0 Å². The van der Waals surface area contributed by atoms with Gasteiger partial charge in [-0.25, -0.2) is 0 Å². The summed E-state index contributed by atoms with van der Waals surface area (Å²) >= 11 is 5.79. The van der Waals surface area contributed by atoms with Crippen LogP contribution in [0.3, 0.4) is 0 Å². The number of hydrogen-bond acceptors (Lipinski definition) is 3. The molecule has 80 valence electrons. The van der Waals surface area contributed by atoms with Crippen molar-refractivity contribution in [2.45, 2.75) is 0 Å². The first-order valence-electron chi connectivity index (χ1n) is 3.87. The summed E-state index contributed by atoms with van der Waals surface area (Å²) in [4.78, 5) is 22.4. The van der Waals surface area contributed by atoms with Crippen molar-refractivity contribution in [3.05, 3.63) is 22.7 Å². The van der Waals surface area contributed by atoms with Crippen molar-refractivity contribution in [2.75, 3.05) is 12.4 Å². The first-order chi connectivity index (χ1) is 6.65. The fourth-order valence-electron chi connectivity index (χ4n) is 1.36. The van der Waals surface area contributed by atoms with E-state index in [1.807, 2.05) is 0 Å². The molecule has 0 radical (unpaired) electrons. The van der Waals surface area contributed by atoms with Crippen molar-refractivity contribution < 1.29 is 14.3 Å². The summed E-state index contributed by atoms with van der Waals surface area (Å²) in [6.07, 6.45) is 0. The third-order valence-electron chi connectivity index (χ3n) is 2.01. The van der Waals surface area contributed by atoms with Gasteiger partial charge in [-0.05, 0) is 12.1 Å². The van der Waals surface area contributed by atoms with E-state index in [0.717, 1.165) is 0 Å². The Kier molecular flexibility index (Phi) is 3.21. The van der Waals surface area contributed by atoms with E-state index in [0.29, 0.717) is 11.4 Å². The molecule has 1 heterocycles. The minimum atomic E-state index is -0.675. The fourth-order valence-corrected chi connectivity index (χ4v) is 1.60. The average Bonchev–Trinajstić information content (AvgIpc) is 2.45. The predicted molar refractivity (Wildman–Crippen MR) is 58.2 cm³/mol. The van der Waals surface area contributed by atoms with Crippen LogP contribution in [0.15, 0.2) is 12.1 Å². The monoisotopic (exact) mass is 247 g/mol. The van der Waals surface area contributed by atoms with Crippen LogP contribution in [0.5, 0.6) is 5.75 Å². The van der Waals surface area contributed by atoms with Gasteiger partial charge in [0.1, 0.15) is 5.75 Å². The van der Waals surface area contributed by atoms with E-state index in [2.05, 4.69) is 5.32 Å². The molecule has 1 aliphatic heterocycles. The Morgan fingerprint density at radius 1 is 1.33 bits per heavy atom. The Morgan fingerprint density at radius 2 is 2.00 bits per heavy atom. The molecule has 15 heavy (non-hydrogen) atoms. The number of anilines is 1. The Morgan fingerprint density at radius 3 is 2.60 bits per heavy atom. The lowest BCUT2D eigenvalue weighted by Gasteiger charge is -2.05. The third kappa shape index (κ3) is 1.66. The van der Waals surface area contributed by atoms with Crippen molar-refractivity contribution in [3.8, 4) is 5.75 Å². The van der Waals surface area contributed by atoms with Crippen LogP contribution in [0.2, 0.25) is 5.02 Å². The first-order valence-corrected chi connectivity index (χ1v) is 4.25. The van der Waals surface area contributed by atoms with Crippen LogP contribution in [0.25, 0.3) is 0 Å². The zero-order valence-corrected chi connectivity index (χ0v) is 9.24. The maximum Gasteiger partial charge on any atom is 0.297 e. The summed E-state index contributed by atoms with van der Waals surface area (Å²) in [6.45, 7) is 0. The van der Waals surface area contributed by atoms with Gasteiger partial charge in [0.25, 0.3) is 11.7 Å². The molecular formula is C9H7Cl2NO3. The minimum absolute atomic E-state index is 0. The lowest BCUT2D eigenvalue weighted by Crippen LogP contribution is -2.12. The first kappa shape index (κ1) is 11.8. The molecular weight excluding hydrogens is 241 g/mol. The quantitative estimate of drug-likeness (QED) is 0.772. The number of halogens is 2. The van der Waals surface area contributed by atoms with Gasteiger partial charge >= 0.3 is 0 Å². The molecule has 0 aliphatic carbocycles. The van der Waals surface area contributed by atoms with Crippen LogP contribution in [0.1, 0.15) is 10.4 Å². The highest BCUT2D eigenvalue weighted by atomic mass is 35.5. The predicted octanol–water partition coefficient (Wildman–Crippen LogP) is 1.91. The Labute approximate surface area is 97.0 Å². The largest absolute Gasteiger partial charge is 0.495 e. The standard InChI is InChI=1S/C9H6ClNO3.ClH/c1-14-5-3-2-4(10)6-7(5)11-9(13)8(6)12;/h2-3H,1H3,(H,11,12,13);1H. The molecule has 1 aromatic rings. The van der Waals surface area contributed by atoms with Gasteiger partial charge in [0.15, 0.2) is 0 Å². The van der Waals surface area contributed by atoms with Gasteiger partial charge in [-0.1, -0.05) is 11.6 Å². The molecule has 0 atom stereocenters. The molecule has 1 aliphatic rings. The van der Waals surface area contributed by atoms with Gasteiger partial charge in [-0.2, -0.15) is 0 Å². The molecule has 0 spiro atoms. The van der Waals surface area contributed by atoms with E-state index >= 15 is 0 Å². The van der Waals surface area contributed by atoms with Gasteiger partial charge < -0.3 is 10.1 Å². The SMILES string of the molecule is COc1ccc(Cl)c2c1NC(=O)C2=O.Cl. The van der Waals surface area contributed by atoms with Gasteiger partial charge in [0, 0.05) is 0 Å². The van der Waals surface area contributed by atoms with E-state index in [4.69, 9.17) is 16.3 Å². The van der Waals surface area contributed by atoms with E-state index < -0.39 is 11.7 Å².